The molecule has 1 aromatic carbocycles. The summed E-state index contributed by atoms with van der Waals surface area (Å²) in [5.74, 6) is 0.409. The molecule has 4 aromatic rings. The van der Waals surface area contributed by atoms with Crippen molar-refractivity contribution in [2.45, 2.75) is 25.4 Å². The number of aromatic hydroxyl groups is 1. The Bertz CT molecular complexity index is 1150. The highest BCUT2D eigenvalue weighted by molar-refractivity contribution is 5.82. The number of rotatable bonds is 5. The minimum atomic E-state index is -0.131. The van der Waals surface area contributed by atoms with E-state index in [0.29, 0.717) is 16.7 Å². The molecule has 152 valence electrons. The fraction of sp³-hybridized carbons (Fsp3) is 0.273. The fourth-order valence-electron chi connectivity index (χ4n) is 3.90. The monoisotopic (exact) mass is 402 g/mol. The average Bonchev–Trinajstić information content (AvgIpc) is 3.23. The zero-order valence-corrected chi connectivity index (χ0v) is 16.4. The van der Waals surface area contributed by atoms with E-state index in [1.807, 2.05) is 16.9 Å². The highest BCUT2D eigenvalue weighted by atomic mass is 16.5. The highest BCUT2D eigenvalue weighted by Crippen LogP contribution is 2.28. The summed E-state index contributed by atoms with van der Waals surface area (Å²) in [4.78, 5) is 14.8. The summed E-state index contributed by atoms with van der Waals surface area (Å²) >= 11 is 0. The van der Waals surface area contributed by atoms with Gasteiger partial charge in [-0.25, -0.2) is 0 Å². The summed E-state index contributed by atoms with van der Waals surface area (Å²) in [6, 6.07) is 12.6. The van der Waals surface area contributed by atoms with Gasteiger partial charge in [-0.15, -0.1) is 0 Å². The minimum absolute atomic E-state index is 0.0712. The number of nitrogens with zero attached hydrogens (tertiary/aromatic N) is 6. The van der Waals surface area contributed by atoms with Crippen molar-refractivity contribution in [3.05, 3.63) is 66.7 Å². The van der Waals surface area contributed by atoms with Crippen molar-refractivity contribution >= 4 is 10.9 Å². The zero-order chi connectivity index (χ0) is 20.3. The number of benzene rings is 1. The summed E-state index contributed by atoms with van der Waals surface area (Å²) in [7, 11) is 0. The molecule has 0 bridgehead atoms. The van der Waals surface area contributed by atoms with Gasteiger partial charge >= 0.3 is 6.01 Å². The van der Waals surface area contributed by atoms with Crippen LogP contribution in [0.1, 0.15) is 24.4 Å². The van der Waals surface area contributed by atoms with Crippen LogP contribution in [0.15, 0.2) is 61.2 Å². The molecule has 1 fully saturated rings. The number of ether oxygens (including phenoxy) is 1. The van der Waals surface area contributed by atoms with Gasteiger partial charge in [-0.05, 0) is 31.0 Å². The molecule has 1 N–H and O–H groups in total. The molecule has 0 unspecified atom stereocenters. The molecule has 0 radical (unpaired) electrons. The van der Waals surface area contributed by atoms with E-state index in [2.05, 4.69) is 49.2 Å². The topological polar surface area (TPSA) is 89.2 Å². The lowest BCUT2D eigenvalue weighted by Crippen LogP contribution is -2.36. The van der Waals surface area contributed by atoms with Crippen molar-refractivity contribution in [2.24, 2.45) is 0 Å². The second-order valence-corrected chi connectivity index (χ2v) is 7.50. The molecule has 0 amide bonds. The Labute approximate surface area is 173 Å². The van der Waals surface area contributed by atoms with Crippen molar-refractivity contribution in [1.29, 1.82) is 0 Å². The molecule has 4 heterocycles. The second kappa shape index (κ2) is 8.08. The van der Waals surface area contributed by atoms with Gasteiger partial charge in [0.1, 0.15) is 0 Å². The molecule has 1 aliphatic heterocycles. The summed E-state index contributed by atoms with van der Waals surface area (Å²) in [6.07, 6.45) is 8.87. The maximum Gasteiger partial charge on any atom is 0.326 e. The van der Waals surface area contributed by atoms with Gasteiger partial charge in [0.25, 0.3) is 0 Å². The number of hydrogen-bond acceptors (Lipinski definition) is 7. The number of fused-ring (bicyclic) bond motifs is 1. The van der Waals surface area contributed by atoms with E-state index in [0.717, 1.165) is 32.5 Å². The third-order valence-corrected chi connectivity index (χ3v) is 5.35. The Morgan fingerprint density at radius 3 is 2.90 bits per heavy atom. The maximum absolute atomic E-state index is 10.1. The van der Waals surface area contributed by atoms with Crippen molar-refractivity contribution < 1.29 is 9.84 Å². The summed E-state index contributed by atoms with van der Waals surface area (Å²) in [5, 5.41) is 15.1. The van der Waals surface area contributed by atoms with Gasteiger partial charge in [-0.1, -0.05) is 30.3 Å². The van der Waals surface area contributed by atoms with Gasteiger partial charge in [0.2, 0.25) is 5.88 Å². The van der Waals surface area contributed by atoms with Crippen LogP contribution in [0.4, 0.5) is 0 Å². The first-order valence-electron chi connectivity index (χ1n) is 10.0. The minimum Gasteiger partial charge on any atom is -0.493 e. The van der Waals surface area contributed by atoms with Crippen molar-refractivity contribution in [3.8, 4) is 17.6 Å². The normalized spacial score (nSPS) is 17.3. The predicted molar refractivity (Wildman–Crippen MR) is 111 cm³/mol. The number of pyridine rings is 1. The van der Waals surface area contributed by atoms with Crippen molar-refractivity contribution in [1.82, 2.24) is 29.6 Å². The molecule has 8 nitrogen and oxygen atoms in total. The number of hydrogen-bond donors (Lipinski definition) is 1. The van der Waals surface area contributed by atoms with E-state index >= 15 is 0 Å². The number of aromatic nitrogens is 5. The fourth-order valence-corrected chi connectivity index (χ4v) is 3.90. The highest BCUT2D eigenvalue weighted by Gasteiger charge is 2.22. The molecular formula is C22H22N6O2. The third kappa shape index (κ3) is 3.95. The molecule has 0 spiro atoms. The molecule has 1 atom stereocenters. The molecule has 1 saturated heterocycles. The van der Waals surface area contributed by atoms with E-state index in [-0.39, 0.29) is 17.9 Å². The van der Waals surface area contributed by atoms with Crippen LogP contribution < -0.4 is 4.74 Å². The Morgan fingerprint density at radius 1 is 1.10 bits per heavy atom. The average molecular weight is 402 g/mol. The predicted octanol–water partition coefficient (Wildman–Crippen LogP) is 3.56. The van der Waals surface area contributed by atoms with Crippen molar-refractivity contribution in [3.63, 3.8) is 0 Å². The molecule has 8 heteroatoms. The second-order valence-electron chi connectivity index (χ2n) is 7.50. The number of likely N-dealkylation sites (tertiary alicyclic amines) is 1. The molecule has 1 aliphatic rings. The first-order chi connectivity index (χ1) is 14.7. The van der Waals surface area contributed by atoms with Crippen LogP contribution in [0.2, 0.25) is 0 Å². The quantitative estimate of drug-likeness (QED) is 0.546. The summed E-state index contributed by atoms with van der Waals surface area (Å²) in [5.41, 5.74) is 1.85. The van der Waals surface area contributed by atoms with Crippen LogP contribution in [-0.2, 0) is 6.54 Å². The van der Waals surface area contributed by atoms with Gasteiger partial charge in [0, 0.05) is 19.3 Å². The van der Waals surface area contributed by atoms with E-state index in [1.165, 1.54) is 5.56 Å². The van der Waals surface area contributed by atoms with Gasteiger partial charge in [0.05, 0.1) is 35.5 Å². The Balaban J connectivity index is 1.28. The van der Waals surface area contributed by atoms with Crippen molar-refractivity contribution in [2.75, 3.05) is 13.1 Å². The van der Waals surface area contributed by atoms with E-state index in [1.54, 1.807) is 24.7 Å². The van der Waals surface area contributed by atoms with Gasteiger partial charge in [0.15, 0.2) is 5.75 Å². The van der Waals surface area contributed by atoms with Crippen LogP contribution in [0.3, 0.4) is 0 Å². The Hall–Kier alpha value is -3.52. The Morgan fingerprint density at radius 2 is 2.00 bits per heavy atom. The van der Waals surface area contributed by atoms with Crippen LogP contribution in [-0.4, -0.2) is 47.8 Å². The van der Waals surface area contributed by atoms with Crippen LogP contribution in [0.5, 0.6) is 17.6 Å². The molecule has 0 saturated carbocycles. The van der Waals surface area contributed by atoms with Gasteiger partial charge < -0.3 is 9.84 Å². The van der Waals surface area contributed by atoms with E-state index < -0.39 is 0 Å². The first kappa shape index (κ1) is 18.5. The molecule has 30 heavy (non-hydrogen) atoms. The zero-order valence-electron chi connectivity index (χ0n) is 16.4. The smallest absolute Gasteiger partial charge is 0.326 e. The van der Waals surface area contributed by atoms with Gasteiger partial charge in [-0.3, -0.25) is 14.6 Å². The standard InChI is InChI=1S/C22H22N6O2/c29-21-19-8-9-23-12-20(19)25-22(26-21)30-18-11-24-28(15-18)17-7-4-10-27(14-17)13-16-5-2-1-3-6-16/h1-3,5-6,8-9,11-12,15,17H,4,7,10,13-14H2,(H,25,26,29)/t17-/m0/s1. The summed E-state index contributed by atoms with van der Waals surface area (Å²) < 4.78 is 7.71. The van der Waals surface area contributed by atoms with Crippen LogP contribution in [0, 0.1) is 0 Å². The lowest BCUT2D eigenvalue weighted by molar-refractivity contribution is 0.163. The largest absolute Gasteiger partial charge is 0.493 e. The molecule has 5 rings (SSSR count). The van der Waals surface area contributed by atoms with E-state index in [4.69, 9.17) is 4.74 Å². The molecular weight excluding hydrogens is 380 g/mol. The van der Waals surface area contributed by atoms with Crippen LogP contribution >= 0.6 is 0 Å². The lowest BCUT2D eigenvalue weighted by atomic mass is 10.0. The van der Waals surface area contributed by atoms with E-state index in [9.17, 15) is 5.11 Å². The third-order valence-electron chi connectivity index (χ3n) is 5.35. The SMILES string of the molecule is Oc1nc(Oc2cnn([C@H]3CCCN(Cc4ccccc4)C3)c2)nc2cnccc12. The van der Waals surface area contributed by atoms with Gasteiger partial charge in [-0.2, -0.15) is 15.1 Å². The maximum atomic E-state index is 10.1. The molecule has 3 aromatic heterocycles. The lowest BCUT2D eigenvalue weighted by Gasteiger charge is -2.32. The van der Waals surface area contributed by atoms with Crippen LogP contribution in [0.25, 0.3) is 10.9 Å². The Kier molecular flexibility index (Phi) is 4.98. The summed E-state index contributed by atoms with van der Waals surface area (Å²) in [6.45, 7) is 2.98. The first-order valence-corrected chi connectivity index (χ1v) is 10.0. The molecule has 0 aliphatic carbocycles. The number of piperidine rings is 1.